The molecule has 1 aromatic heterocycles. The second kappa shape index (κ2) is 12.1. The Morgan fingerprint density at radius 2 is 1.92 bits per heavy atom. The molecule has 0 spiro atoms. The summed E-state index contributed by atoms with van der Waals surface area (Å²) >= 11 is 1.51. The van der Waals surface area contributed by atoms with Gasteiger partial charge in [0.05, 0.1) is 25.2 Å². The standard InChI is InChI=1S/C25H28N4O6S/c1-15-20(13-36-25-26-14-27-29-25)34-24(35-23(15)17-7-5-16(12-30)6-8-17)18-3-2-4-19(11-18)28-21(31)9-10-22(32)33/h2-8,11,14-15,20,23-24,30H,9-10,12-13H2,1H3,(H,28,31)(H,32,33)(H,26,27,29)/t15-,20+,23+,24+/m0/s1. The molecule has 0 unspecified atom stereocenters. The molecule has 1 amide bonds. The lowest BCUT2D eigenvalue weighted by atomic mass is 9.91. The Labute approximate surface area is 212 Å². The van der Waals surface area contributed by atoms with Crippen molar-refractivity contribution in [2.45, 2.75) is 50.0 Å². The first kappa shape index (κ1) is 25.8. The fourth-order valence-electron chi connectivity index (χ4n) is 3.94. The molecule has 1 saturated heterocycles. The van der Waals surface area contributed by atoms with Crippen LogP contribution in [0.5, 0.6) is 0 Å². The minimum atomic E-state index is -1.02. The number of benzene rings is 2. The molecule has 0 aliphatic carbocycles. The second-order valence-electron chi connectivity index (χ2n) is 8.49. The number of carboxylic acids is 1. The average Bonchev–Trinajstić information content (AvgIpc) is 3.41. The Kier molecular flexibility index (Phi) is 8.70. The zero-order valence-electron chi connectivity index (χ0n) is 19.7. The van der Waals surface area contributed by atoms with E-state index in [2.05, 4.69) is 27.4 Å². The predicted molar refractivity (Wildman–Crippen MR) is 132 cm³/mol. The number of hydrogen-bond acceptors (Lipinski definition) is 8. The van der Waals surface area contributed by atoms with E-state index in [1.54, 1.807) is 18.2 Å². The molecule has 10 nitrogen and oxygen atoms in total. The number of aliphatic hydroxyl groups is 1. The maximum Gasteiger partial charge on any atom is 0.303 e. The first-order valence-electron chi connectivity index (χ1n) is 11.5. The Balaban J connectivity index is 1.54. The van der Waals surface area contributed by atoms with Crippen LogP contribution in [0.4, 0.5) is 5.69 Å². The van der Waals surface area contributed by atoms with E-state index in [4.69, 9.17) is 14.6 Å². The first-order chi connectivity index (χ1) is 17.4. The van der Waals surface area contributed by atoms with Crippen LogP contribution in [-0.2, 0) is 25.7 Å². The van der Waals surface area contributed by atoms with Gasteiger partial charge in [-0.25, -0.2) is 4.98 Å². The molecule has 1 aliphatic rings. The number of carbonyl (C=O) groups excluding carboxylic acids is 1. The first-order valence-corrected chi connectivity index (χ1v) is 12.5. The summed E-state index contributed by atoms with van der Waals surface area (Å²) in [7, 11) is 0. The number of hydrogen-bond donors (Lipinski definition) is 4. The van der Waals surface area contributed by atoms with Crippen molar-refractivity contribution in [3.8, 4) is 0 Å². The van der Waals surface area contributed by atoms with E-state index in [0.717, 1.165) is 16.7 Å². The quantitative estimate of drug-likeness (QED) is 0.299. The van der Waals surface area contributed by atoms with E-state index < -0.39 is 12.3 Å². The van der Waals surface area contributed by atoms with Crippen molar-refractivity contribution in [1.29, 1.82) is 0 Å². The molecule has 1 fully saturated rings. The van der Waals surface area contributed by atoms with E-state index >= 15 is 0 Å². The Bertz CT molecular complexity index is 1160. The van der Waals surface area contributed by atoms with Crippen LogP contribution in [-0.4, -0.2) is 49.1 Å². The summed E-state index contributed by atoms with van der Waals surface area (Å²) in [5.74, 6) is -0.774. The molecular weight excluding hydrogens is 484 g/mol. The molecule has 0 bridgehead atoms. The smallest absolute Gasteiger partial charge is 0.303 e. The van der Waals surface area contributed by atoms with Gasteiger partial charge in [-0.15, -0.1) is 0 Å². The van der Waals surface area contributed by atoms with Crippen molar-refractivity contribution < 1.29 is 29.3 Å². The summed E-state index contributed by atoms with van der Waals surface area (Å²) in [4.78, 5) is 27.0. The Morgan fingerprint density at radius 1 is 1.11 bits per heavy atom. The molecule has 4 atom stereocenters. The molecular formula is C25H28N4O6S. The highest BCUT2D eigenvalue weighted by molar-refractivity contribution is 7.99. The predicted octanol–water partition coefficient (Wildman–Crippen LogP) is 3.68. The normalized spacial score (nSPS) is 21.7. The summed E-state index contributed by atoms with van der Waals surface area (Å²) in [6.45, 7) is 2.04. The third-order valence-electron chi connectivity index (χ3n) is 5.91. The Morgan fingerprint density at radius 3 is 2.61 bits per heavy atom. The van der Waals surface area contributed by atoms with Crippen molar-refractivity contribution in [2.24, 2.45) is 5.92 Å². The van der Waals surface area contributed by atoms with E-state index in [9.17, 15) is 14.7 Å². The van der Waals surface area contributed by atoms with Crippen molar-refractivity contribution >= 4 is 29.3 Å². The van der Waals surface area contributed by atoms with E-state index in [1.807, 2.05) is 30.3 Å². The number of nitrogens with one attached hydrogen (secondary N) is 2. The highest BCUT2D eigenvalue weighted by atomic mass is 32.2. The van der Waals surface area contributed by atoms with E-state index in [1.165, 1.54) is 18.1 Å². The van der Waals surface area contributed by atoms with Gasteiger partial charge in [-0.1, -0.05) is 55.1 Å². The molecule has 1 aliphatic heterocycles. The van der Waals surface area contributed by atoms with E-state index in [0.29, 0.717) is 16.6 Å². The largest absolute Gasteiger partial charge is 0.481 e. The number of carboxylic acid groups (broad SMARTS) is 1. The zero-order valence-corrected chi connectivity index (χ0v) is 20.5. The average molecular weight is 513 g/mol. The second-order valence-corrected chi connectivity index (χ2v) is 9.50. The zero-order chi connectivity index (χ0) is 25.5. The van der Waals surface area contributed by atoms with Gasteiger partial charge in [-0.2, -0.15) is 5.10 Å². The number of ether oxygens (including phenoxy) is 2. The molecule has 36 heavy (non-hydrogen) atoms. The van der Waals surface area contributed by atoms with Gasteiger partial charge >= 0.3 is 5.97 Å². The van der Waals surface area contributed by atoms with Gasteiger partial charge in [0.1, 0.15) is 6.33 Å². The topological polar surface area (TPSA) is 147 Å². The number of anilines is 1. The van der Waals surface area contributed by atoms with Crippen molar-refractivity contribution in [3.05, 3.63) is 71.5 Å². The molecule has 4 N–H and O–H groups in total. The molecule has 3 aromatic rings. The van der Waals surface area contributed by atoms with Crippen LogP contribution < -0.4 is 5.32 Å². The number of thioether (sulfide) groups is 1. The van der Waals surface area contributed by atoms with Crippen LogP contribution in [0.1, 0.15) is 48.8 Å². The Hall–Kier alpha value is -3.25. The number of nitrogens with zero attached hydrogens (tertiary/aromatic N) is 2. The lowest BCUT2D eigenvalue weighted by Crippen LogP contribution is -2.38. The van der Waals surface area contributed by atoms with Crippen molar-refractivity contribution in [2.75, 3.05) is 11.1 Å². The summed E-state index contributed by atoms with van der Waals surface area (Å²) in [5, 5.41) is 28.4. The summed E-state index contributed by atoms with van der Waals surface area (Å²) < 4.78 is 12.8. The van der Waals surface area contributed by atoms with Crippen LogP contribution >= 0.6 is 11.8 Å². The maximum absolute atomic E-state index is 12.1. The maximum atomic E-state index is 12.1. The van der Waals surface area contributed by atoms with Crippen LogP contribution in [0, 0.1) is 5.92 Å². The molecule has 0 saturated carbocycles. The molecule has 11 heteroatoms. The number of rotatable bonds is 10. The van der Waals surface area contributed by atoms with Crippen molar-refractivity contribution in [3.63, 3.8) is 0 Å². The van der Waals surface area contributed by atoms with E-state index in [-0.39, 0.29) is 43.5 Å². The minimum Gasteiger partial charge on any atom is -0.481 e. The third-order valence-corrected chi connectivity index (χ3v) is 6.87. The molecule has 2 heterocycles. The minimum absolute atomic E-state index is 0.00977. The lowest BCUT2D eigenvalue weighted by molar-refractivity contribution is -0.268. The summed E-state index contributed by atoms with van der Waals surface area (Å²) in [6, 6.07) is 14.8. The van der Waals surface area contributed by atoms with Crippen LogP contribution in [0.15, 0.2) is 60.0 Å². The van der Waals surface area contributed by atoms with Crippen LogP contribution in [0.25, 0.3) is 0 Å². The molecule has 2 aromatic carbocycles. The number of aromatic amines is 1. The van der Waals surface area contributed by atoms with Gasteiger partial charge in [0.15, 0.2) is 11.4 Å². The van der Waals surface area contributed by atoms with Gasteiger partial charge in [-0.05, 0) is 23.3 Å². The number of aliphatic carboxylic acids is 1. The monoisotopic (exact) mass is 512 g/mol. The highest BCUT2D eigenvalue weighted by Crippen LogP contribution is 2.43. The number of amides is 1. The lowest BCUT2D eigenvalue weighted by Gasteiger charge is -2.41. The SMILES string of the molecule is C[C@H]1[C@@H](CSc2ncn[nH]2)O[C@@H](c2cccc(NC(=O)CCC(=O)O)c2)O[C@H]1c1ccc(CO)cc1. The van der Waals surface area contributed by atoms with Gasteiger partial charge in [0.25, 0.3) is 0 Å². The summed E-state index contributed by atoms with van der Waals surface area (Å²) in [6.07, 6.45) is -0.0399. The highest BCUT2D eigenvalue weighted by Gasteiger charge is 2.38. The number of aliphatic hydroxyl groups excluding tert-OH is 1. The fourth-order valence-corrected chi connectivity index (χ4v) is 4.88. The van der Waals surface area contributed by atoms with Crippen molar-refractivity contribution in [1.82, 2.24) is 15.2 Å². The summed E-state index contributed by atoms with van der Waals surface area (Å²) in [5.41, 5.74) is 3.05. The number of carbonyl (C=O) groups is 2. The molecule has 4 rings (SSSR count). The van der Waals surface area contributed by atoms with Gasteiger partial charge in [-0.3, -0.25) is 14.7 Å². The van der Waals surface area contributed by atoms with Gasteiger partial charge in [0, 0.05) is 29.3 Å². The van der Waals surface area contributed by atoms with Crippen LogP contribution in [0.3, 0.4) is 0 Å². The third kappa shape index (κ3) is 6.70. The van der Waals surface area contributed by atoms with Crippen LogP contribution in [0.2, 0.25) is 0 Å². The number of H-pyrrole nitrogens is 1. The number of aromatic nitrogens is 3. The molecule has 0 radical (unpaired) electrons. The van der Waals surface area contributed by atoms with Gasteiger partial charge in [0.2, 0.25) is 5.91 Å². The fraction of sp³-hybridized carbons (Fsp3) is 0.360. The van der Waals surface area contributed by atoms with Gasteiger partial charge < -0.3 is 25.0 Å². The molecule has 190 valence electrons.